The number of ether oxygens (including phenoxy) is 1. The monoisotopic (exact) mass is 351 g/mol. The smallest absolute Gasteiger partial charge is 0.306 e. The molecule has 21 heavy (non-hydrogen) atoms. The Balaban J connectivity index is 1.94. The van der Waals surface area contributed by atoms with E-state index in [0.717, 1.165) is 42.9 Å². The Hall–Kier alpha value is -1.58. The molecule has 1 fully saturated rings. The van der Waals surface area contributed by atoms with Gasteiger partial charge in [0.1, 0.15) is 6.07 Å². The number of halogens is 1. The van der Waals surface area contributed by atoms with Crippen LogP contribution in [0.3, 0.4) is 0 Å². The van der Waals surface area contributed by atoms with Crippen molar-refractivity contribution < 1.29 is 9.53 Å². The molecule has 0 atom stereocenters. The van der Waals surface area contributed by atoms with Crippen molar-refractivity contribution in [3.63, 3.8) is 0 Å². The highest BCUT2D eigenvalue weighted by Crippen LogP contribution is 2.27. The van der Waals surface area contributed by atoms with E-state index < -0.39 is 0 Å². The highest BCUT2D eigenvalue weighted by atomic mass is 79.9. The van der Waals surface area contributed by atoms with Crippen molar-refractivity contribution in [3.8, 4) is 6.07 Å². The van der Waals surface area contributed by atoms with Crippen LogP contribution < -0.4 is 4.90 Å². The van der Waals surface area contributed by atoms with Crippen LogP contribution in [0.4, 0.5) is 5.69 Å². The van der Waals surface area contributed by atoms with Gasteiger partial charge in [-0.1, -0.05) is 6.07 Å². The molecule has 0 unspecified atom stereocenters. The number of hydrogen-bond acceptors (Lipinski definition) is 5. The fourth-order valence-electron chi connectivity index (χ4n) is 2.45. The van der Waals surface area contributed by atoms with E-state index >= 15 is 0 Å². The van der Waals surface area contributed by atoms with Crippen molar-refractivity contribution in [2.24, 2.45) is 0 Å². The topological polar surface area (TPSA) is 56.6 Å². The van der Waals surface area contributed by atoms with Gasteiger partial charge in [0.05, 0.1) is 24.8 Å². The van der Waals surface area contributed by atoms with Crippen molar-refractivity contribution in [2.45, 2.75) is 6.42 Å². The molecule has 2 rings (SSSR count). The van der Waals surface area contributed by atoms with E-state index in [1.807, 2.05) is 18.2 Å². The summed E-state index contributed by atoms with van der Waals surface area (Å²) in [6.07, 6.45) is 0.427. The highest BCUT2D eigenvalue weighted by molar-refractivity contribution is 9.10. The number of rotatable bonds is 4. The Bertz CT molecular complexity index is 548. The second kappa shape index (κ2) is 7.43. The minimum absolute atomic E-state index is 0.170. The molecule has 0 N–H and O–H groups in total. The molecule has 0 aliphatic carbocycles. The first kappa shape index (κ1) is 15.8. The van der Waals surface area contributed by atoms with E-state index in [2.05, 4.69) is 36.5 Å². The van der Waals surface area contributed by atoms with Crippen molar-refractivity contribution in [1.29, 1.82) is 5.26 Å². The quantitative estimate of drug-likeness (QED) is 0.776. The lowest BCUT2D eigenvalue weighted by atomic mass is 10.1. The molecule has 0 spiro atoms. The average Bonchev–Trinajstić information content (AvgIpc) is 2.52. The van der Waals surface area contributed by atoms with Crippen molar-refractivity contribution in [2.75, 3.05) is 44.7 Å². The molecule has 1 aromatic carbocycles. The van der Waals surface area contributed by atoms with E-state index in [-0.39, 0.29) is 5.97 Å². The molecule has 0 bridgehead atoms. The molecule has 1 aromatic rings. The number of esters is 1. The van der Waals surface area contributed by atoms with Gasteiger partial charge in [0.25, 0.3) is 0 Å². The molecule has 5 nitrogen and oxygen atoms in total. The number of hydrogen-bond donors (Lipinski definition) is 0. The van der Waals surface area contributed by atoms with Crippen LogP contribution >= 0.6 is 15.9 Å². The Kier molecular flexibility index (Phi) is 5.59. The average molecular weight is 352 g/mol. The molecule has 112 valence electrons. The van der Waals surface area contributed by atoms with Crippen LogP contribution in [0.5, 0.6) is 0 Å². The summed E-state index contributed by atoms with van der Waals surface area (Å²) >= 11 is 3.42. The minimum atomic E-state index is -0.170. The number of piperazine rings is 1. The van der Waals surface area contributed by atoms with Crippen LogP contribution in [0.15, 0.2) is 22.7 Å². The van der Waals surface area contributed by atoms with Crippen molar-refractivity contribution >= 4 is 27.6 Å². The SMILES string of the molecule is COC(=O)CCN1CCN(c2cccc(Br)c2C#N)CC1. The lowest BCUT2D eigenvalue weighted by Gasteiger charge is -2.36. The van der Waals surface area contributed by atoms with Gasteiger partial charge in [-0.05, 0) is 28.1 Å². The predicted octanol–water partition coefficient (Wildman–Crippen LogP) is 2.01. The normalized spacial score (nSPS) is 15.6. The molecule has 1 aliphatic rings. The first-order valence-corrected chi connectivity index (χ1v) is 7.67. The summed E-state index contributed by atoms with van der Waals surface area (Å²) in [5, 5.41) is 9.29. The fraction of sp³-hybridized carbons (Fsp3) is 0.467. The molecule has 0 aromatic heterocycles. The van der Waals surface area contributed by atoms with Gasteiger partial charge in [-0.25, -0.2) is 0 Å². The summed E-state index contributed by atoms with van der Waals surface area (Å²) in [5.74, 6) is -0.170. The standard InChI is InChI=1S/C15H18BrN3O2/c1-21-15(20)5-6-18-7-9-19(10-8-18)14-4-2-3-13(16)12(14)11-17/h2-4H,5-10H2,1H3. The van der Waals surface area contributed by atoms with Crippen LogP contribution in [0.2, 0.25) is 0 Å². The maximum atomic E-state index is 11.2. The minimum Gasteiger partial charge on any atom is -0.469 e. The molecule has 1 aliphatic heterocycles. The van der Waals surface area contributed by atoms with Crippen LogP contribution in [-0.4, -0.2) is 50.7 Å². The Morgan fingerprint density at radius 3 is 2.71 bits per heavy atom. The van der Waals surface area contributed by atoms with Gasteiger partial charge in [-0.15, -0.1) is 0 Å². The molecular weight excluding hydrogens is 334 g/mol. The number of methoxy groups -OCH3 is 1. The molecule has 1 heterocycles. The maximum Gasteiger partial charge on any atom is 0.306 e. The van der Waals surface area contributed by atoms with E-state index in [4.69, 9.17) is 0 Å². The van der Waals surface area contributed by atoms with Gasteiger partial charge in [0.15, 0.2) is 0 Å². The number of anilines is 1. The van der Waals surface area contributed by atoms with Crippen LogP contribution in [-0.2, 0) is 9.53 Å². The summed E-state index contributed by atoms with van der Waals surface area (Å²) in [5.41, 5.74) is 1.65. The largest absolute Gasteiger partial charge is 0.469 e. The zero-order chi connectivity index (χ0) is 15.2. The van der Waals surface area contributed by atoms with Gasteiger partial charge in [-0.2, -0.15) is 5.26 Å². The summed E-state index contributed by atoms with van der Waals surface area (Å²) in [7, 11) is 1.41. The number of nitrogens with zero attached hydrogens (tertiary/aromatic N) is 3. The van der Waals surface area contributed by atoms with E-state index in [1.165, 1.54) is 7.11 Å². The maximum absolute atomic E-state index is 11.2. The van der Waals surface area contributed by atoms with E-state index in [0.29, 0.717) is 12.0 Å². The second-order valence-corrected chi connectivity index (χ2v) is 5.75. The third kappa shape index (κ3) is 3.96. The zero-order valence-electron chi connectivity index (χ0n) is 12.0. The Morgan fingerprint density at radius 1 is 1.38 bits per heavy atom. The molecule has 1 saturated heterocycles. The van der Waals surface area contributed by atoms with Crippen LogP contribution in [0.25, 0.3) is 0 Å². The molecule has 6 heteroatoms. The number of carbonyl (C=O) groups is 1. The number of benzene rings is 1. The molecule has 0 saturated carbocycles. The Labute approximate surface area is 133 Å². The third-order valence-corrected chi connectivity index (χ3v) is 4.34. The van der Waals surface area contributed by atoms with Gasteiger partial charge >= 0.3 is 5.97 Å². The number of carbonyl (C=O) groups excluding carboxylic acids is 1. The van der Waals surface area contributed by atoms with Crippen LogP contribution in [0, 0.1) is 11.3 Å². The lowest BCUT2D eigenvalue weighted by molar-refractivity contribution is -0.141. The van der Waals surface area contributed by atoms with Gasteiger partial charge in [0, 0.05) is 37.2 Å². The van der Waals surface area contributed by atoms with Crippen LogP contribution in [0.1, 0.15) is 12.0 Å². The summed E-state index contributed by atoms with van der Waals surface area (Å²) in [6.45, 7) is 4.20. The molecule has 0 radical (unpaired) electrons. The van der Waals surface area contributed by atoms with Gasteiger partial charge < -0.3 is 9.64 Å². The summed E-state index contributed by atoms with van der Waals surface area (Å²) < 4.78 is 5.49. The van der Waals surface area contributed by atoms with Crippen molar-refractivity contribution in [1.82, 2.24) is 4.90 Å². The third-order valence-electron chi connectivity index (χ3n) is 3.68. The first-order valence-electron chi connectivity index (χ1n) is 6.88. The summed E-state index contributed by atoms with van der Waals surface area (Å²) in [4.78, 5) is 15.6. The predicted molar refractivity (Wildman–Crippen MR) is 84.1 cm³/mol. The highest BCUT2D eigenvalue weighted by Gasteiger charge is 2.20. The van der Waals surface area contributed by atoms with E-state index in [1.54, 1.807) is 0 Å². The molecular formula is C15H18BrN3O2. The second-order valence-electron chi connectivity index (χ2n) is 4.90. The first-order chi connectivity index (χ1) is 10.2. The Morgan fingerprint density at radius 2 is 2.10 bits per heavy atom. The summed E-state index contributed by atoms with van der Waals surface area (Å²) in [6, 6.07) is 8.07. The van der Waals surface area contributed by atoms with Crippen molar-refractivity contribution in [3.05, 3.63) is 28.2 Å². The number of nitriles is 1. The lowest BCUT2D eigenvalue weighted by Crippen LogP contribution is -2.47. The van der Waals surface area contributed by atoms with Gasteiger partial charge in [-0.3, -0.25) is 9.69 Å². The van der Waals surface area contributed by atoms with Gasteiger partial charge in [0.2, 0.25) is 0 Å². The fourth-order valence-corrected chi connectivity index (χ4v) is 2.90. The van der Waals surface area contributed by atoms with E-state index in [9.17, 15) is 10.1 Å². The zero-order valence-corrected chi connectivity index (χ0v) is 13.6. The molecule has 0 amide bonds.